The number of nitrogens with zero attached hydrogens (tertiary/aromatic N) is 3. The van der Waals surface area contributed by atoms with Gasteiger partial charge in [-0.25, -0.2) is 9.59 Å². The Bertz CT molecular complexity index is 1770. The molecule has 2 amide bonds. The summed E-state index contributed by atoms with van der Waals surface area (Å²) < 4.78 is 21.7. The van der Waals surface area contributed by atoms with E-state index in [1.807, 2.05) is 85.3 Å². The molecule has 0 spiro atoms. The summed E-state index contributed by atoms with van der Waals surface area (Å²) in [6, 6.07) is 23.1. The van der Waals surface area contributed by atoms with Gasteiger partial charge in [-0.15, -0.1) is 0 Å². The maximum atomic E-state index is 14.4. The fourth-order valence-corrected chi connectivity index (χ4v) is 6.01. The van der Waals surface area contributed by atoms with Crippen molar-refractivity contribution in [2.24, 2.45) is 7.05 Å². The van der Waals surface area contributed by atoms with Crippen LogP contribution < -0.4 is 0 Å². The molecule has 8 nitrogen and oxygen atoms in total. The number of rotatable bonds is 6. The third-order valence-electron chi connectivity index (χ3n) is 8.60. The number of aryl methyl sites for hydroxylation is 1. The minimum Gasteiger partial charge on any atom is -0.462 e. The quantitative estimate of drug-likeness (QED) is 0.254. The Morgan fingerprint density at radius 2 is 1.55 bits per heavy atom. The maximum absolute atomic E-state index is 14.4. The van der Waals surface area contributed by atoms with E-state index in [1.165, 1.54) is 0 Å². The highest BCUT2D eigenvalue weighted by atomic mass is 16.6. The van der Waals surface area contributed by atoms with Crippen molar-refractivity contribution >= 4 is 18.0 Å². The molecule has 4 aromatic rings. The van der Waals surface area contributed by atoms with E-state index in [1.54, 1.807) is 22.8 Å². The number of hydrogen-bond acceptors (Lipinski definition) is 5. The lowest BCUT2D eigenvalue weighted by atomic mass is 9.91. The summed E-state index contributed by atoms with van der Waals surface area (Å²) in [4.78, 5) is 43.5. The molecule has 3 heterocycles. The number of esters is 1. The number of carbonyl (C=O) groups excluding carboxylic acids is 3. The molecule has 1 unspecified atom stereocenters. The maximum Gasteiger partial charge on any atom is 0.410 e. The molecule has 0 N–H and O–H groups in total. The Balaban J connectivity index is 1.36. The monoisotopic (exact) mass is 593 g/mol. The van der Waals surface area contributed by atoms with E-state index >= 15 is 0 Å². The number of fused-ring (bicyclic) bond motifs is 2. The zero-order valence-electron chi connectivity index (χ0n) is 26.3. The Kier molecular flexibility index (Phi) is 7.88. The number of carbonyl (C=O) groups is 3. The van der Waals surface area contributed by atoms with E-state index in [9.17, 15) is 14.4 Å². The summed E-state index contributed by atoms with van der Waals surface area (Å²) in [5.41, 5.74) is 7.91. The molecule has 6 rings (SSSR count). The molecule has 226 valence electrons. The molecule has 44 heavy (non-hydrogen) atoms. The van der Waals surface area contributed by atoms with Gasteiger partial charge in [0.05, 0.1) is 12.2 Å². The molecule has 0 radical (unpaired) electrons. The molecule has 0 saturated carbocycles. The number of amides is 2. The summed E-state index contributed by atoms with van der Waals surface area (Å²) in [5, 5.41) is 0. The number of aromatic nitrogens is 1. The van der Waals surface area contributed by atoms with Gasteiger partial charge in [0.25, 0.3) is 5.91 Å². The molecule has 2 aliphatic heterocycles. The van der Waals surface area contributed by atoms with Crippen LogP contribution in [0.2, 0.25) is 0 Å². The lowest BCUT2D eigenvalue weighted by Crippen LogP contribution is -2.38. The number of benzene rings is 3. The first-order valence-electron chi connectivity index (χ1n) is 15.6. The van der Waals surface area contributed by atoms with Crippen molar-refractivity contribution < 1.29 is 25.2 Å². The van der Waals surface area contributed by atoms with Gasteiger partial charge in [-0.3, -0.25) is 4.79 Å². The molecule has 1 atom stereocenters. The van der Waals surface area contributed by atoms with Crippen LogP contribution in [-0.4, -0.2) is 52.0 Å². The van der Waals surface area contributed by atoms with Gasteiger partial charge >= 0.3 is 12.1 Å². The van der Waals surface area contributed by atoms with E-state index < -0.39 is 18.6 Å². The van der Waals surface area contributed by atoms with Gasteiger partial charge < -0.3 is 23.8 Å². The van der Waals surface area contributed by atoms with Crippen LogP contribution in [0.5, 0.6) is 0 Å². The lowest BCUT2D eigenvalue weighted by Gasteiger charge is -2.32. The average molecular weight is 594 g/mol. The van der Waals surface area contributed by atoms with E-state index in [-0.39, 0.29) is 19.1 Å². The van der Waals surface area contributed by atoms with Crippen LogP contribution >= 0.6 is 0 Å². The van der Waals surface area contributed by atoms with Crippen LogP contribution in [0.25, 0.3) is 11.3 Å². The standard InChI is InChI=1S/C36H37N3O5/c1-4-43-35(41)30-20-33(37(3)24(30)2)31-18-27-15-17-39(36(42)44-23-25-10-6-5-7-11-25)22-29(27)19-32(31)34(40)38-16-14-26-12-8-9-13-28(26)21-38/h5-13,18-20H,4,14-17,21-23H2,1-3H3/i16T. The first kappa shape index (κ1) is 28.0. The fourth-order valence-electron chi connectivity index (χ4n) is 6.01. The third-order valence-corrected chi connectivity index (χ3v) is 8.60. The minimum atomic E-state index is -0.744. The van der Waals surface area contributed by atoms with E-state index in [2.05, 4.69) is 0 Å². The van der Waals surface area contributed by atoms with E-state index in [4.69, 9.17) is 10.8 Å². The Labute approximate surface area is 259 Å². The van der Waals surface area contributed by atoms with Crippen molar-refractivity contribution in [2.75, 3.05) is 19.7 Å². The molecule has 3 aromatic carbocycles. The van der Waals surface area contributed by atoms with Crippen molar-refractivity contribution in [3.05, 3.63) is 117 Å². The summed E-state index contributed by atoms with van der Waals surface area (Å²) in [6.45, 7) is 4.44. The van der Waals surface area contributed by atoms with Gasteiger partial charge in [0, 0.05) is 57.1 Å². The zero-order chi connectivity index (χ0) is 31.7. The van der Waals surface area contributed by atoms with Gasteiger partial charge in [0.15, 0.2) is 0 Å². The van der Waals surface area contributed by atoms with Crippen LogP contribution in [0.4, 0.5) is 4.79 Å². The average Bonchev–Trinajstić information content (AvgIpc) is 3.36. The topological polar surface area (TPSA) is 81.1 Å². The zero-order valence-corrected chi connectivity index (χ0v) is 25.3. The molecule has 8 heteroatoms. The van der Waals surface area contributed by atoms with Crippen molar-refractivity contribution in [1.29, 1.82) is 0 Å². The van der Waals surface area contributed by atoms with Gasteiger partial charge in [-0.1, -0.05) is 54.6 Å². The molecule has 0 fully saturated rings. The first-order valence-corrected chi connectivity index (χ1v) is 15.0. The predicted octanol–water partition coefficient (Wildman–Crippen LogP) is 6.07. The first-order chi connectivity index (χ1) is 21.7. The molecule has 0 saturated heterocycles. The highest BCUT2D eigenvalue weighted by molar-refractivity contribution is 6.02. The lowest BCUT2D eigenvalue weighted by molar-refractivity contribution is 0.0525. The molecule has 2 aliphatic rings. The molecule has 0 aliphatic carbocycles. The smallest absolute Gasteiger partial charge is 0.410 e. The molecule has 0 bridgehead atoms. The van der Waals surface area contributed by atoms with Crippen LogP contribution in [0.1, 0.15) is 62.5 Å². The van der Waals surface area contributed by atoms with Crippen LogP contribution in [0.3, 0.4) is 0 Å². The van der Waals surface area contributed by atoms with Crippen LogP contribution in [0, 0.1) is 6.92 Å². The van der Waals surface area contributed by atoms with E-state index in [0.29, 0.717) is 54.9 Å². The normalized spacial score (nSPS) is 16.1. The highest BCUT2D eigenvalue weighted by Gasteiger charge is 2.30. The van der Waals surface area contributed by atoms with Gasteiger partial charge in [0.2, 0.25) is 0 Å². The van der Waals surface area contributed by atoms with Crippen LogP contribution in [-0.2, 0) is 49.1 Å². The SMILES string of the molecule is [3H]C1Cc2ccccc2CN1C(=O)c1cc2c(cc1-c1cc(C(=O)OCC)c(C)n1C)CCN(C(=O)OCc1ccccc1)C2. The van der Waals surface area contributed by atoms with Crippen LogP contribution in [0.15, 0.2) is 72.8 Å². The van der Waals surface area contributed by atoms with Crippen molar-refractivity contribution in [1.82, 2.24) is 14.4 Å². The molecule has 1 aromatic heterocycles. The van der Waals surface area contributed by atoms with E-state index in [0.717, 1.165) is 33.5 Å². The molecular formula is C36H37N3O5. The summed E-state index contributed by atoms with van der Waals surface area (Å²) in [7, 11) is 1.87. The highest BCUT2D eigenvalue weighted by Crippen LogP contribution is 2.34. The summed E-state index contributed by atoms with van der Waals surface area (Å²) >= 11 is 0. The minimum absolute atomic E-state index is 0.183. The number of hydrogen-bond donors (Lipinski definition) is 0. The second kappa shape index (κ2) is 12.4. The molecular weight excluding hydrogens is 554 g/mol. The fraction of sp³-hybridized carbons (Fsp3) is 0.306. The Hall–Kier alpha value is -4.85. The van der Waals surface area contributed by atoms with Crippen molar-refractivity contribution in [2.45, 2.75) is 46.4 Å². The Morgan fingerprint density at radius 1 is 0.818 bits per heavy atom. The second-order valence-corrected chi connectivity index (χ2v) is 11.3. The van der Waals surface area contributed by atoms with Gasteiger partial charge in [-0.2, -0.15) is 0 Å². The van der Waals surface area contributed by atoms with Crippen molar-refractivity contribution in [3.8, 4) is 11.3 Å². The second-order valence-electron chi connectivity index (χ2n) is 11.3. The number of ether oxygens (including phenoxy) is 2. The Morgan fingerprint density at radius 3 is 2.32 bits per heavy atom. The predicted molar refractivity (Wildman–Crippen MR) is 167 cm³/mol. The van der Waals surface area contributed by atoms with Gasteiger partial charge in [0.1, 0.15) is 6.61 Å². The van der Waals surface area contributed by atoms with Crippen molar-refractivity contribution in [3.63, 3.8) is 0 Å². The third kappa shape index (κ3) is 5.72. The summed E-state index contributed by atoms with van der Waals surface area (Å²) in [5.74, 6) is -0.672. The largest absolute Gasteiger partial charge is 0.462 e. The van der Waals surface area contributed by atoms with Gasteiger partial charge in [-0.05, 0) is 72.7 Å². The summed E-state index contributed by atoms with van der Waals surface area (Å²) in [6.07, 6.45) is 0.626.